The first-order chi connectivity index (χ1) is 4.74. The van der Waals surface area contributed by atoms with E-state index in [1.54, 1.807) is 0 Å². The van der Waals surface area contributed by atoms with Gasteiger partial charge in [-0.1, -0.05) is 0 Å². The van der Waals surface area contributed by atoms with Gasteiger partial charge >= 0.3 is 0 Å². The quantitative estimate of drug-likeness (QED) is 0.863. The molecule has 0 amide bonds. The van der Waals surface area contributed by atoms with E-state index in [-0.39, 0.29) is 0 Å². The van der Waals surface area contributed by atoms with Gasteiger partial charge in [0.1, 0.15) is 0 Å². The molecule has 56 valence electrons. The molecule has 0 aromatic carbocycles. The van der Waals surface area contributed by atoms with Crippen LogP contribution in [0, 0.1) is 0 Å². The average Bonchev–Trinajstić information content (AvgIpc) is 2.14. The fourth-order valence-corrected chi connectivity index (χ4v) is 1.05. The topological polar surface area (TPSA) is 56.7 Å². The van der Waals surface area contributed by atoms with Crippen LogP contribution in [0.3, 0.4) is 0 Å². The number of hydrogen-bond donors (Lipinski definition) is 1. The molecule has 10 heavy (non-hydrogen) atoms. The van der Waals surface area contributed by atoms with E-state index in [2.05, 4.69) is 42.1 Å². The van der Waals surface area contributed by atoms with Crippen molar-refractivity contribution >= 4 is 31.9 Å². The van der Waals surface area contributed by atoms with Gasteiger partial charge in [0.05, 0.1) is 6.54 Å². The van der Waals surface area contributed by atoms with E-state index in [1.807, 2.05) is 0 Å². The molecule has 0 saturated carbocycles. The summed E-state index contributed by atoms with van der Waals surface area (Å²) in [4.78, 5) is 1.54. The van der Waals surface area contributed by atoms with Crippen molar-refractivity contribution < 1.29 is 0 Å². The van der Waals surface area contributed by atoms with Crippen LogP contribution in [0.5, 0.6) is 0 Å². The van der Waals surface area contributed by atoms with Gasteiger partial charge in [-0.05, 0) is 31.9 Å². The van der Waals surface area contributed by atoms with Crippen molar-refractivity contribution in [2.45, 2.75) is 6.54 Å². The Bertz CT molecular complexity index is 202. The van der Waals surface area contributed by atoms with Crippen molar-refractivity contribution in [3.8, 4) is 0 Å². The highest BCUT2D eigenvalue weighted by atomic mass is 79.9. The Morgan fingerprint density at radius 3 is 2.20 bits per heavy atom. The van der Waals surface area contributed by atoms with Gasteiger partial charge in [-0.15, -0.1) is 10.2 Å². The summed E-state index contributed by atoms with van der Waals surface area (Å²) in [6.07, 6.45) is 0. The summed E-state index contributed by atoms with van der Waals surface area (Å²) >= 11 is 6.41. The van der Waals surface area contributed by atoms with Gasteiger partial charge in [-0.3, -0.25) is 0 Å². The van der Waals surface area contributed by atoms with Gasteiger partial charge in [0, 0.05) is 6.54 Å². The number of rotatable bonds is 2. The molecule has 0 radical (unpaired) electrons. The second kappa shape index (κ2) is 3.45. The number of nitrogens with zero attached hydrogens (tertiary/aromatic N) is 3. The van der Waals surface area contributed by atoms with E-state index in [0.717, 1.165) is 0 Å². The van der Waals surface area contributed by atoms with Crippen LogP contribution in [0.1, 0.15) is 0 Å². The number of aromatic nitrogens is 3. The van der Waals surface area contributed by atoms with Crippen LogP contribution >= 0.6 is 31.9 Å². The van der Waals surface area contributed by atoms with E-state index in [9.17, 15) is 0 Å². The van der Waals surface area contributed by atoms with Crippen molar-refractivity contribution in [2.75, 3.05) is 6.54 Å². The molecule has 6 heteroatoms. The molecule has 0 saturated heterocycles. The lowest BCUT2D eigenvalue weighted by atomic mass is 10.7. The lowest BCUT2D eigenvalue weighted by Gasteiger charge is -1.91. The first-order valence-electron chi connectivity index (χ1n) is 2.70. The number of nitrogens with two attached hydrogens (primary N) is 1. The van der Waals surface area contributed by atoms with Crippen molar-refractivity contribution in [3.63, 3.8) is 0 Å². The van der Waals surface area contributed by atoms with E-state index in [4.69, 9.17) is 5.73 Å². The first-order valence-corrected chi connectivity index (χ1v) is 4.29. The van der Waals surface area contributed by atoms with Crippen molar-refractivity contribution in [3.05, 3.63) is 9.21 Å². The van der Waals surface area contributed by atoms with Crippen molar-refractivity contribution in [2.24, 2.45) is 5.73 Å². The molecular formula is C4H6Br2N4. The van der Waals surface area contributed by atoms with E-state index in [1.165, 1.54) is 4.80 Å². The van der Waals surface area contributed by atoms with Gasteiger partial charge in [-0.25, -0.2) is 0 Å². The molecule has 0 fully saturated rings. The zero-order valence-electron chi connectivity index (χ0n) is 5.09. The molecule has 1 heterocycles. The first kappa shape index (κ1) is 8.16. The molecule has 1 aromatic heterocycles. The summed E-state index contributed by atoms with van der Waals surface area (Å²) in [5.74, 6) is 0. The summed E-state index contributed by atoms with van der Waals surface area (Å²) in [7, 11) is 0. The Labute approximate surface area is 75.0 Å². The van der Waals surface area contributed by atoms with Crippen LogP contribution in [-0.2, 0) is 6.54 Å². The smallest absolute Gasteiger partial charge is 0.162 e. The highest BCUT2D eigenvalue weighted by molar-refractivity contribution is 9.13. The maximum absolute atomic E-state index is 5.29. The molecule has 0 aliphatic heterocycles. The van der Waals surface area contributed by atoms with E-state index < -0.39 is 0 Å². The fourth-order valence-electron chi connectivity index (χ4n) is 0.523. The lowest BCUT2D eigenvalue weighted by molar-refractivity contribution is 0.542. The molecular weight excluding hydrogens is 264 g/mol. The molecule has 0 bridgehead atoms. The van der Waals surface area contributed by atoms with Gasteiger partial charge < -0.3 is 5.73 Å². The van der Waals surface area contributed by atoms with Crippen LogP contribution in [0.15, 0.2) is 9.21 Å². The van der Waals surface area contributed by atoms with E-state index >= 15 is 0 Å². The minimum absolute atomic E-state index is 0.549. The van der Waals surface area contributed by atoms with Gasteiger partial charge in [0.25, 0.3) is 0 Å². The highest BCUT2D eigenvalue weighted by Gasteiger charge is 2.02. The monoisotopic (exact) mass is 268 g/mol. The SMILES string of the molecule is NCCn1nc(Br)c(Br)n1. The Morgan fingerprint density at radius 1 is 1.30 bits per heavy atom. The van der Waals surface area contributed by atoms with Crippen LogP contribution < -0.4 is 5.73 Å². The van der Waals surface area contributed by atoms with Crippen LogP contribution in [0.4, 0.5) is 0 Å². The highest BCUT2D eigenvalue weighted by Crippen LogP contribution is 2.16. The van der Waals surface area contributed by atoms with Gasteiger partial charge in [0.15, 0.2) is 9.21 Å². The number of hydrogen-bond acceptors (Lipinski definition) is 3. The molecule has 0 unspecified atom stereocenters. The second-order valence-corrected chi connectivity index (χ2v) is 3.17. The summed E-state index contributed by atoms with van der Waals surface area (Å²) in [5, 5.41) is 7.99. The predicted molar refractivity (Wildman–Crippen MR) is 44.5 cm³/mol. The zero-order valence-corrected chi connectivity index (χ0v) is 8.26. The Kier molecular flexibility index (Phi) is 2.82. The zero-order chi connectivity index (χ0) is 7.56. The summed E-state index contributed by atoms with van der Waals surface area (Å²) in [5.41, 5.74) is 5.29. The average molecular weight is 270 g/mol. The van der Waals surface area contributed by atoms with Crippen LogP contribution in [0.25, 0.3) is 0 Å². The van der Waals surface area contributed by atoms with Crippen LogP contribution in [-0.4, -0.2) is 21.5 Å². The predicted octanol–water partition coefficient (Wildman–Crippen LogP) is 0.762. The maximum Gasteiger partial charge on any atom is 0.162 e. The van der Waals surface area contributed by atoms with Crippen molar-refractivity contribution in [1.29, 1.82) is 0 Å². The summed E-state index contributed by atoms with van der Waals surface area (Å²) < 4.78 is 1.42. The summed E-state index contributed by atoms with van der Waals surface area (Å²) in [6.45, 7) is 1.19. The van der Waals surface area contributed by atoms with Crippen molar-refractivity contribution in [1.82, 2.24) is 15.0 Å². The molecule has 1 rings (SSSR count). The lowest BCUT2D eigenvalue weighted by Crippen LogP contribution is -2.12. The number of halogens is 2. The third-order valence-corrected chi connectivity index (χ3v) is 2.51. The third-order valence-electron chi connectivity index (χ3n) is 0.906. The standard InChI is InChI=1S/C4H6Br2N4/c5-3-4(6)9-10(8-3)2-1-7/h1-2,7H2. The second-order valence-electron chi connectivity index (χ2n) is 1.67. The Balaban J connectivity index is 2.77. The molecule has 0 aliphatic rings. The molecule has 1 aromatic rings. The molecule has 4 nitrogen and oxygen atoms in total. The van der Waals surface area contributed by atoms with Gasteiger partial charge in [-0.2, -0.15) is 4.80 Å². The minimum Gasteiger partial charge on any atom is -0.329 e. The summed E-state index contributed by atoms with van der Waals surface area (Å²) in [6, 6.07) is 0. The molecule has 0 atom stereocenters. The Hall–Kier alpha value is 0.0600. The van der Waals surface area contributed by atoms with Crippen LogP contribution in [0.2, 0.25) is 0 Å². The minimum atomic E-state index is 0.549. The molecule has 0 aliphatic carbocycles. The maximum atomic E-state index is 5.29. The Morgan fingerprint density at radius 2 is 1.80 bits per heavy atom. The van der Waals surface area contributed by atoms with Gasteiger partial charge in [0.2, 0.25) is 0 Å². The normalized spacial score (nSPS) is 10.3. The van der Waals surface area contributed by atoms with E-state index in [0.29, 0.717) is 22.3 Å². The fraction of sp³-hybridized carbons (Fsp3) is 0.500. The largest absolute Gasteiger partial charge is 0.329 e. The molecule has 2 N–H and O–H groups in total. The molecule has 0 spiro atoms. The third kappa shape index (κ3) is 1.77.